The molecule has 1 aromatic carbocycles. The smallest absolute Gasteiger partial charge is 0.308 e. The number of methoxy groups -OCH3 is 1. The van der Waals surface area contributed by atoms with Crippen LogP contribution in [-0.4, -0.2) is 41.6 Å². The van der Waals surface area contributed by atoms with E-state index in [1.165, 1.54) is 0 Å². The maximum atomic E-state index is 12.8. The molecular formula is C18H23NO4. The number of carbonyl (C=O) groups excluding carboxylic acids is 1. The predicted molar refractivity (Wildman–Crippen MR) is 85.4 cm³/mol. The molecule has 0 aliphatic heterocycles. The molecule has 3 unspecified atom stereocenters. The van der Waals surface area contributed by atoms with Crippen LogP contribution in [-0.2, 0) is 9.59 Å². The standard InChI is InChI=1S/C18H23NO4/c1-11(18(21)22)10-19(13-6-7-13)17(20)16-9-15(16)12-4-3-5-14(8-12)23-2/h3-5,8,11,13,15-16H,6-7,9-10H2,1-2H3,(H,21,22). The number of carboxylic acids is 1. The van der Waals surface area contributed by atoms with Crippen molar-refractivity contribution in [2.45, 2.75) is 38.1 Å². The fourth-order valence-electron chi connectivity index (χ4n) is 3.10. The molecule has 2 fully saturated rings. The van der Waals surface area contributed by atoms with Crippen LogP contribution >= 0.6 is 0 Å². The number of aliphatic carboxylic acids is 1. The van der Waals surface area contributed by atoms with Crippen LogP contribution in [0.4, 0.5) is 0 Å². The summed E-state index contributed by atoms with van der Waals surface area (Å²) in [6, 6.07) is 8.10. The SMILES string of the molecule is COc1cccc(C2CC2C(=O)N(CC(C)C(=O)O)C2CC2)c1. The molecule has 5 nitrogen and oxygen atoms in total. The molecule has 1 aromatic rings. The van der Waals surface area contributed by atoms with Crippen LogP contribution in [0.5, 0.6) is 5.75 Å². The molecule has 1 amide bonds. The number of carbonyl (C=O) groups is 2. The largest absolute Gasteiger partial charge is 0.497 e. The average molecular weight is 317 g/mol. The van der Waals surface area contributed by atoms with E-state index in [-0.39, 0.29) is 23.8 Å². The molecule has 3 rings (SSSR count). The van der Waals surface area contributed by atoms with Crippen molar-refractivity contribution in [1.82, 2.24) is 4.90 Å². The van der Waals surface area contributed by atoms with Gasteiger partial charge in [0.2, 0.25) is 5.91 Å². The van der Waals surface area contributed by atoms with Crippen LogP contribution in [0.15, 0.2) is 24.3 Å². The number of ether oxygens (including phenoxy) is 1. The minimum atomic E-state index is -0.844. The Morgan fingerprint density at radius 1 is 1.39 bits per heavy atom. The van der Waals surface area contributed by atoms with Gasteiger partial charge in [-0.1, -0.05) is 19.1 Å². The Bertz CT molecular complexity index is 611. The fraction of sp³-hybridized carbons (Fsp3) is 0.556. The third kappa shape index (κ3) is 3.49. The van der Waals surface area contributed by atoms with Crippen LogP contribution in [0, 0.1) is 11.8 Å². The molecule has 0 bridgehead atoms. The summed E-state index contributed by atoms with van der Waals surface area (Å²) in [6.45, 7) is 1.98. The van der Waals surface area contributed by atoms with Crippen molar-refractivity contribution in [3.63, 3.8) is 0 Å². The Morgan fingerprint density at radius 2 is 2.13 bits per heavy atom. The Labute approximate surface area is 136 Å². The van der Waals surface area contributed by atoms with Gasteiger partial charge in [-0.2, -0.15) is 0 Å². The van der Waals surface area contributed by atoms with E-state index in [1.807, 2.05) is 29.2 Å². The minimum absolute atomic E-state index is 0.0105. The van der Waals surface area contributed by atoms with Gasteiger partial charge in [0.25, 0.3) is 0 Å². The number of rotatable bonds is 7. The Kier molecular flexibility index (Phi) is 4.28. The van der Waals surface area contributed by atoms with Gasteiger partial charge in [0.05, 0.1) is 13.0 Å². The molecule has 3 atom stereocenters. The van der Waals surface area contributed by atoms with Gasteiger partial charge in [-0.25, -0.2) is 0 Å². The average Bonchev–Trinajstić information content (AvgIpc) is 3.44. The van der Waals surface area contributed by atoms with Crippen molar-refractivity contribution in [3.8, 4) is 5.75 Å². The van der Waals surface area contributed by atoms with Gasteiger partial charge in [-0.3, -0.25) is 9.59 Å². The highest BCUT2D eigenvalue weighted by Gasteiger charge is 2.48. The molecule has 1 N–H and O–H groups in total. The third-order valence-corrected chi connectivity index (χ3v) is 4.79. The molecule has 0 spiro atoms. The number of carboxylic acid groups (broad SMARTS) is 1. The van der Waals surface area contributed by atoms with Crippen LogP contribution in [0.25, 0.3) is 0 Å². The van der Waals surface area contributed by atoms with Crippen molar-refractivity contribution in [1.29, 1.82) is 0 Å². The Morgan fingerprint density at radius 3 is 2.74 bits per heavy atom. The highest BCUT2D eigenvalue weighted by molar-refractivity contribution is 5.84. The zero-order chi connectivity index (χ0) is 16.6. The first-order chi connectivity index (χ1) is 11.0. The molecule has 0 heterocycles. The van der Waals surface area contributed by atoms with E-state index in [0.717, 1.165) is 30.6 Å². The van der Waals surface area contributed by atoms with E-state index < -0.39 is 11.9 Å². The summed E-state index contributed by atoms with van der Waals surface area (Å²) in [5.41, 5.74) is 1.13. The van der Waals surface area contributed by atoms with Gasteiger partial charge in [0, 0.05) is 18.5 Å². The number of benzene rings is 1. The van der Waals surface area contributed by atoms with Crippen molar-refractivity contribution in [2.24, 2.45) is 11.8 Å². The lowest BCUT2D eigenvalue weighted by molar-refractivity contribution is -0.143. The highest BCUT2D eigenvalue weighted by atomic mass is 16.5. The van der Waals surface area contributed by atoms with Gasteiger partial charge in [-0.05, 0) is 42.9 Å². The van der Waals surface area contributed by atoms with Gasteiger partial charge >= 0.3 is 5.97 Å². The molecule has 0 saturated heterocycles. The lowest BCUT2D eigenvalue weighted by atomic mass is 10.1. The van der Waals surface area contributed by atoms with Crippen molar-refractivity contribution < 1.29 is 19.4 Å². The van der Waals surface area contributed by atoms with E-state index >= 15 is 0 Å². The topological polar surface area (TPSA) is 66.8 Å². The monoisotopic (exact) mass is 317 g/mol. The van der Waals surface area contributed by atoms with Crippen molar-refractivity contribution >= 4 is 11.9 Å². The second-order valence-corrected chi connectivity index (χ2v) is 6.69. The molecule has 2 aliphatic rings. The molecule has 124 valence electrons. The van der Waals surface area contributed by atoms with E-state index in [9.17, 15) is 9.59 Å². The van der Waals surface area contributed by atoms with E-state index in [4.69, 9.17) is 9.84 Å². The number of hydrogen-bond acceptors (Lipinski definition) is 3. The maximum absolute atomic E-state index is 12.8. The summed E-state index contributed by atoms with van der Waals surface area (Å²) >= 11 is 0. The first-order valence-corrected chi connectivity index (χ1v) is 8.18. The first-order valence-electron chi connectivity index (χ1n) is 8.18. The van der Waals surface area contributed by atoms with Crippen molar-refractivity contribution in [3.05, 3.63) is 29.8 Å². The van der Waals surface area contributed by atoms with Crippen LogP contribution in [0.1, 0.15) is 37.7 Å². The number of nitrogens with zero attached hydrogens (tertiary/aromatic N) is 1. The second-order valence-electron chi connectivity index (χ2n) is 6.69. The summed E-state index contributed by atoms with van der Waals surface area (Å²) in [4.78, 5) is 25.7. The number of amides is 1. The van der Waals surface area contributed by atoms with Crippen LogP contribution < -0.4 is 4.74 Å². The zero-order valence-electron chi connectivity index (χ0n) is 13.6. The van der Waals surface area contributed by atoms with Crippen LogP contribution in [0.2, 0.25) is 0 Å². The molecule has 23 heavy (non-hydrogen) atoms. The zero-order valence-corrected chi connectivity index (χ0v) is 13.6. The van der Waals surface area contributed by atoms with Crippen molar-refractivity contribution in [2.75, 3.05) is 13.7 Å². The Hall–Kier alpha value is -2.04. The number of hydrogen-bond donors (Lipinski definition) is 1. The molecule has 2 saturated carbocycles. The van der Waals surface area contributed by atoms with Gasteiger partial charge in [0.1, 0.15) is 5.75 Å². The lowest BCUT2D eigenvalue weighted by Gasteiger charge is -2.24. The minimum Gasteiger partial charge on any atom is -0.497 e. The summed E-state index contributed by atoms with van der Waals surface area (Å²) < 4.78 is 5.24. The van der Waals surface area contributed by atoms with Gasteiger partial charge in [-0.15, -0.1) is 0 Å². The molecule has 2 aliphatic carbocycles. The third-order valence-electron chi connectivity index (χ3n) is 4.79. The van der Waals surface area contributed by atoms with Crippen LogP contribution in [0.3, 0.4) is 0 Å². The summed E-state index contributed by atoms with van der Waals surface area (Å²) in [7, 11) is 1.64. The summed E-state index contributed by atoms with van der Waals surface area (Å²) in [6.07, 6.45) is 2.83. The fourth-order valence-corrected chi connectivity index (χ4v) is 3.10. The molecule has 0 radical (unpaired) electrons. The molecular weight excluding hydrogens is 294 g/mol. The maximum Gasteiger partial charge on any atom is 0.308 e. The van der Waals surface area contributed by atoms with E-state index in [1.54, 1.807) is 14.0 Å². The lowest BCUT2D eigenvalue weighted by Crippen LogP contribution is -2.39. The van der Waals surface area contributed by atoms with Gasteiger partial charge < -0.3 is 14.7 Å². The summed E-state index contributed by atoms with van der Waals surface area (Å²) in [5, 5.41) is 9.10. The second kappa shape index (κ2) is 6.22. The van der Waals surface area contributed by atoms with Gasteiger partial charge in [0.15, 0.2) is 0 Å². The first kappa shape index (κ1) is 15.8. The quantitative estimate of drug-likeness (QED) is 0.839. The van der Waals surface area contributed by atoms with E-state index in [0.29, 0.717) is 6.54 Å². The molecule has 5 heteroatoms. The normalized spacial score (nSPS) is 23.9. The Balaban J connectivity index is 1.66. The van der Waals surface area contributed by atoms with E-state index in [2.05, 4.69) is 0 Å². The predicted octanol–water partition coefficient (Wildman–Crippen LogP) is 2.51. The summed E-state index contributed by atoms with van der Waals surface area (Å²) in [5.74, 6) is -0.215. The molecule has 0 aromatic heterocycles. The highest BCUT2D eigenvalue weighted by Crippen LogP contribution is 2.50.